The van der Waals surface area contributed by atoms with Crippen LogP contribution in [0, 0.1) is 5.92 Å². The van der Waals surface area contributed by atoms with Crippen molar-refractivity contribution in [2.75, 3.05) is 26.2 Å². The third kappa shape index (κ3) is 6.89. The number of likely N-dealkylation sites (tertiary alicyclic amines) is 1. The summed E-state index contributed by atoms with van der Waals surface area (Å²) < 4.78 is 23.9. The number of alkyl halides is 2. The number of carbonyl (C=O) groups is 1. The van der Waals surface area contributed by atoms with Gasteiger partial charge in [-0.2, -0.15) is 0 Å². The molecule has 1 fully saturated rings. The van der Waals surface area contributed by atoms with Crippen LogP contribution in [0.4, 0.5) is 13.6 Å². The summed E-state index contributed by atoms with van der Waals surface area (Å²) in [5.74, 6) is 0.432. The number of halogens is 3. The molecule has 0 bridgehead atoms. The Labute approximate surface area is 139 Å². The average Bonchev–Trinajstić information content (AvgIpc) is 2.97. The van der Waals surface area contributed by atoms with E-state index in [2.05, 4.69) is 33.0 Å². The van der Waals surface area contributed by atoms with Crippen LogP contribution in [0.1, 0.15) is 17.7 Å². The summed E-state index contributed by atoms with van der Waals surface area (Å²) in [5.41, 5.74) is 0. The van der Waals surface area contributed by atoms with E-state index in [-0.39, 0.29) is 12.4 Å². The Morgan fingerprint density at radius 1 is 1.36 bits per heavy atom. The van der Waals surface area contributed by atoms with Crippen molar-refractivity contribution in [1.82, 2.24) is 15.5 Å². The monoisotopic (exact) mass is 353 g/mol. The zero-order valence-electron chi connectivity index (χ0n) is 12.3. The van der Waals surface area contributed by atoms with Crippen molar-refractivity contribution in [2.45, 2.75) is 25.8 Å². The van der Waals surface area contributed by atoms with Gasteiger partial charge in [0.2, 0.25) is 0 Å². The fraction of sp³-hybridized carbons (Fsp3) is 0.643. The van der Waals surface area contributed by atoms with E-state index in [1.54, 1.807) is 11.3 Å². The van der Waals surface area contributed by atoms with Gasteiger partial charge in [0.25, 0.3) is 6.43 Å². The van der Waals surface area contributed by atoms with Crippen LogP contribution in [0.25, 0.3) is 0 Å². The van der Waals surface area contributed by atoms with Gasteiger partial charge in [0.05, 0.1) is 6.54 Å². The first-order valence-electron chi connectivity index (χ1n) is 7.18. The second-order valence-corrected chi connectivity index (χ2v) is 6.31. The van der Waals surface area contributed by atoms with Crippen molar-refractivity contribution in [3.05, 3.63) is 22.4 Å². The maximum Gasteiger partial charge on any atom is 0.314 e. The van der Waals surface area contributed by atoms with E-state index >= 15 is 0 Å². The molecule has 0 radical (unpaired) electrons. The van der Waals surface area contributed by atoms with E-state index in [9.17, 15) is 13.6 Å². The average molecular weight is 354 g/mol. The van der Waals surface area contributed by atoms with E-state index in [1.165, 1.54) is 4.88 Å². The van der Waals surface area contributed by atoms with Gasteiger partial charge in [0.1, 0.15) is 0 Å². The number of piperidine rings is 1. The van der Waals surface area contributed by atoms with Crippen LogP contribution in [0.15, 0.2) is 17.5 Å². The smallest absolute Gasteiger partial charge is 0.314 e. The molecular weight excluding hydrogens is 332 g/mol. The van der Waals surface area contributed by atoms with Gasteiger partial charge < -0.3 is 10.6 Å². The highest BCUT2D eigenvalue weighted by Gasteiger charge is 2.20. The Hall–Kier alpha value is -0.920. The number of carbonyl (C=O) groups excluding carboxylic acids is 1. The van der Waals surface area contributed by atoms with Crippen molar-refractivity contribution >= 4 is 29.8 Å². The van der Waals surface area contributed by atoms with Crippen molar-refractivity contribution in [3.63, 3.8) is 0 Å². The molecule has 2 rings (SSSR count). The molecule has 0 saturated carbocycles. The Morgan fingerprint density at radius 2 is 2.09 bits per heavy atom. The first-order chi connectivity index (χ1) is 10.1. The lowest BCUT2D eigenvalue weighted by Gasteiger charge is -2.31. The number of amides is 2. The number of nitrogens with zero attached hydrogens (tertiary/aromatic N) is 1. The first kappa shape index (κ1) is 19.1. The lowest BCUT2D eigenvalue weighted by molar-refractivity contribution is 0.145. The molecule has 8 heteroatoms. The predicted molar refractivity (Wildman–Crippen MR) is 87.0 cm³/mol. The zero-order chi connectivity index (χ0) is 15.1. The minimum absolute atomic E-state index is 0. The molecule has 126 valence electrons. The maximum atomic E-state index is 11.9. The van der Waals surface area contributed by atoms with Gasteiger partial charge in [0.15, 0.2) is 0 Å². The van der Waals surface area contributed by atoms with E-state index in [1.807, 2.05) is 0 Å². The van der Waals surface area contributed by atoms with Crippen LogP contribution in [0.2, 0.25) is 0 Å². The van der Waals surface area contributed by atoms with Crippen molar-refractivity contribution in [3.8, 4) is 0 Å². The fourth-order valence-corrected chi connectivity index (χ4v) is 3.19. The molecule has 4 nitrogen and oxygen atoms in total. The molecule has 0 spiro atoms. The van der Waals surface area contributed by atoms with Crippen molar-refractivity contribution in [2.24, 2.45) is 5.92 Å². The van der Waals surface area contributed by atoms with Gasteiger partial charge in [-0.25, -0.2) is 13.6 Å². The molecule has 0 aromatic carbocycles. The Balaban J connectivity index is 0.00000242. The first-order valence-corrected chi connectivity index (χ1v) is 8.06. The number of thiophene rings is 1. The molecule has 2 amide bonds. The lowest BCUT2D eigenvalue weighted by atomic mass is 9.97. The SMILES string of the molecule is Cl.O=C(NCC(F)F)NCC1CCN(Cc2cccs2)CC1. The summed E-state index contributed by atoms with van der Waals surface area (Å²) in [7, 11) is 0. The number of hydrogen-bond donors (Lipinski definition) is 2. The van der Waals surface area contributed by atoms with Gasteiger partial charge in [0, 0.05) is 18.0 Å². The quantitative estimate of drug-likeness (QED) is 0.825. The summed E-state index contributed by atoms with van der Waals surface area (Å²) in [5, 5.41) is 6.91. The Kier molecular flexibility index (Phi) is 8.67. The predicted octanol–water partition coefficient (Wildman–Crippen LogP) is 2.95. The second-order valence-electron chi connectivity index (χ2n) is 5.28. The lowest BCUT2D eigenvalue weighted by Crippen LogP contribution is -2.42. The minimum Gasteiger partial charge on any atom is -0.338 e. The topological polar surface area (TPSA) is 44.4 Å². The van der Waals surface area contributed by atoms with Crippen LogP contribution in [0.5, 0.6) is 0 Å². The summed E-state index contributed by atoms with van der Waals surface area (Å²) in [6.45, 7) is 2.99. The molecular formula is C14H22ClF2N3OS. The van der Waals surface area contributed by atoms with Crippen LogP contribution in [-0.2, 0) is 6.54 Å². The van der Waals surface area contributed by atoms with Gasteiger partial charge in [-0.15, -0.1) is 23.7 Å². The van der Waals surface area contributed by atoms with Crippen LogP contribution >= 0.6 is 23.7 Å². The van der Waals surface area contributed by atoms with Crippen molar-refractivity contribution < 1.29 is 13.6 Å². The molecule has 0 unspecified atom stereocenters. The molecule has 1 aromatic heterocycles. The minimum atomic E-state index is -2.50. The Morgan fingerprint density at radius 3 is 2.68 bits per heavy atom. The summed E-state index contributed by atoms with van der Waals surface area (Å²) in [4.78, 5) is 15.1. The summed E-state index contributed by atoms with van der Waals surface area (Å²) in [6, 6.07) is 3.71. The molecule has 1 aliphatic heterocycles. The van der Waals surface area contributed by atoms with Crippen LogP contribution < -0.4 is 10.6 Å². The largest absolute Gasteiger partial charge is 0.338 e. The molecule has 1 aromatic rings. The van der Waals surface area contributed by atoms with E-state index < -0.39 is 19.0 Å². The fourth-order valence-electron chi connectivity index (χ4n) is 2.44. The molecule has 0 atom stereocenters. The second kappa shape index (κ2) is 9.97. The van der Waals surface area contributed by atoms with Gasteiger partial charge in [-0.1, -0.05) is 6.07 Å². The molecule has 1 saturated heterocycles. The van der Waals surface area contributed by atoms with Crippen LogP contribution in [0.3, 0.4) is 0 Å². The molecule has 1 aliphatic rings. The standard InChI is InChI=1S/C14H21F2N3OS.ClH/c15-13(16)9-18-14(20)17-8-11-3-5-19(6-4-11)10-12-2-1-7-21-12;/h1-2,7,11,13H,3-6,8-10H2,(H2,17,18,20);1H. The highest BCUT2D eigenvalue weighted by atomic mass is 35.5. The molecule has 2 N–H and O–H groups in total. The maximum absolute atomic E-state index is 11.9. The third-order valence-electron chi connectivity index (χ3n) is 3.63. The molecule has 22 heavy (non-hydrogen) atoms. The number of nitrogens with one attached hydrogen (secondary N) is 2. The van der Waals surface area contributed by atoms with Gasteiger partial charge >= 0.3 is 6.03 Å². The highest BCUT2D eigenvalue weighted by Crippen LogP contribution is 2.20. The Bertz CT molecular complexity index is 426. The third-order valence-corrected chi connectivity index (χ3v) is 4.50. The van der Waals surface area contributed by atoms with E-state index in [0.717, 1.165) is 32.5 Å². The highest BCUT2D eigenvalue weighted by molar-refractivity contribution is 7.09. The zero-order valence-corrected chi connectivity index (χ0v) is 13.9. The number of urea groups is 1. The molecule has 2 heterocycles. The van der Waals surface area contributed by atoms with E-state index in [4.69, 9.17) is 0 Å². The van der Waals surface area contributed by atoms with Gasteiger partial charge in [-0.3, -0.25) is 4.90 Å². The number of hydrogen-bond acceptors (Lipinski definition) is 3. The number of rotatable bonds is 6. The molecule has 0 aliphatic carbocycles. The summed E-state index contributed by atoms with van der Waals surface area (Å²) in [6.07, 6.45) is -0.447. The normalized spacial score (nSPS) is 16.3. The van der Waals surface area contributed by atoms with E-state index in [0.29, 0.717) is 12.5 Å². The van der Waals surface area contributed by atoms with Gasteiger partial charge in [-0.05, 0) is 43.3 Å². The van der Waals surface area contributed by atoms with Crippen molar-refractivity contribution in [1.29, 1.82) is 0 Å². The van der Waals surface area contributed by atoms with Crippen LogP contribution in [-0.4, -0.2) is 43.5 Å². The summed E-state index contributed by atoms with van der Waals surface area (Å²) >= 11 is 1.77.